The summed E-state index contributed by atoms with van der Waals surface area (Å²) in [5.41, 5.74) is 6.17. The molecule has 3 aromatic heterocycles. The molecule has 0 N–H and O–H groups in total. The number of aryl methyl sites for hydroxylation is 2. The van der Waals surface area contributed by atoms with Gasteiger partial charge in [-0.05, 0) is 98.7 Å². The maximum atomic E-state index is 14.1. The molecule has 1 atom stereocenters. The van der Waals surface area contributed by atoms with Crippen molar-refractivity contribution < 1.29 is 4.42 Å². The monoisotopic (exact) mass is 537 g/mol. The summed E-state index contributed by atoms with van der Waals surface area (Å²) in [4.78, 5) is 21.7. The number of hydrogen-bond acceptors (Lipinski definition) is 6. The molecule has 0 spiro atoms. The van der Waals surface area contributed by atoms with Gasteiger partial charge in [-0.2, -0.15) is 0 Å². The van der Waals surface area contributed by atoms with Crippen LogP contribution >= 0.6 is 0 Å². The highest BCUT2D eigenvalue weighted by Crippen LogP contribution is 2.53. The van der Waals surface area contributed by atoms with Crippen molar-refractivity contribution in [1.29, 1.82) is 0 Å². The van der Waals surface area contributed by atoms with Crippen molar-refractivity contribution in [3.8, 4) is 11.3 Å². The number of aromatic nitrogens is 4. The SMILES string of the molecule is Cc1cc(CN2CCC[C@H](C)C2)cc2c(=O)c(-c3cc(C4(c5nncn5C)CC(C)C4)cc(C4CC4)n3)coc12. The van der Waals surface area contributed by atoms with Gasteiger partial charge in [0.05, 0.1) is 22.1 Å². The van der Waals surface area contributed by atoms with E-state index in [1.165, 1.54) is 24.0 Å². The van der Waals surface area contributed by atoms with Gasteiger partial charge in [-0.3, -0.25) is 14.7 Å². The number of pyridine rings is 1. The third-order valence-electron chi connectivity index (χ3n) is 9.47. The number of rotatable bonds is 6. The summed E-state index contributed by atoms with van der Waals surface area (Å²) in [6, 6.07) is 8.62. The molecule has 4 heterocycles. The Morgan fingerprint density at radius 3 is 2.60 bits per heavy atom. The summed E-state index contributed by atoms with van der Waals surface area (Å²) < 4.78 is 8.22. The van der Waals surface area contributed by atoms with Crippen molar-refractivity contribution in [1.82, 2.24) is 24.6 Å². The van der Waals surface area contributed by atoms with Crippen LogP contribution in [0.3, 0.4) is 0 Å². The first-order valence-corrected chi connectivity index (χ1v) is 15.0. The van der Waals surface area contributed by atoms with E-state index < -0.39 is 0 Å². The second-order valence-corrected chi connectivity index (χ2v) is 13.1. The van der Waals surface area contributed by atoms with Gasteiger partial charge >= 0.3 is 0 Å². The lowest BCUT2D eigenvalue weighted by atomic mass is 9.58. The van der Waals surface area contributed by atoms with Crippen LogP contribution < -0.4 is 5.43 Å². The van der Waals surface area contributed by atoms with E-state index in [1.54, 1.807) is 12.6 Å². The van der Waals surface area contributed by atoms with Crippen LogP contribution in [-0.2, 0) is 19.0 Å². The van der Waals surface area contributed by atoms with Crippen LogP contribution in [0, 0.1) is 18.8 Å². The van der Waals surface area contributed by atoms with E-state index in [4.69, 9.17) is 9.40 Å². The Labute approximate surface area is 235 Å². The Morgan fingerprint density at radius 2 is 1.90 bits per heavy atom. The minimum Gasteiger partial charge on any atom is -0.463 e. The van der Waals surface area contributed by atoms with E-state index in [-0.39, 0.29) is 10.8 Å². The minimum atomic E-state index is -0.210. The largest absolute Gasteiger partial charge is 0.463 e. The predicted molar refractivity (Wildman–Crippen MR) is 156 cm³/mol. The van der Waals surface area contributed by atoms with Gasteiger partial charge < -0.3 is 8.98 Å². The number of piperidine rings is 1. The number of benzene rings is 1. The average molecular weight is 538 g/mol. The summed E-state index contributed by atoms with van der Waals surface area (Å²) in [5, 5.41) is 9.41. The Hall–Kier alpha value is -3.32. The van der Waals surface area contributed by atoms with Gasteiger partial charge in [-0.25, -0.2) is 0 Å². The molecule has 7 nitrogen and oxygen atoms in total. The van der Waals surface area contributed by atoms with Crippen molar-refractivity contribution >= 4 is 11.0 Å². The van der Waals surface area contributed by atoms with Crippen LogP contribution in [0.2, 0.25) is 0 Å². The van der Waals surface area contributed by atoms with Crippen LogP contribution in [0.1, 0.15) is 86.5 Å². The number of nitrogens with zero attached hydrogens (tertiary/aromatic N) is 5. The fourth-order valence-corrected chi connectivity index (χ4v) is 7.39. The molecule has 2 saturated carbocycles. The van der Waals surface area contributed by atoms with Gasteiger partial charge in [0.25, 0.3) is 0 Å². The van der Waals surface area contributed by atoms with E-state index in [0.29, 0.717) is 34.1 Å². The zero-order chi connectivity index (χ0) is 27.6. The molecule has 40 heavy (non-hydrogen) atoms. The zero-order valence-electron chi connectivity index (χ0n) is 24.1. The molecule has 1 aromatic carbocycles. The Kier molecular flexibility index (Phi) is 6.19. The van der Waals surface area contributed by atoms with Crippen LogP contribution in [0.4, 0.5) is 0 Å². The van der Waals surface area contributed by atoms with Crippen LogP contribution in [0.25, 0.3) is 22.2 Å². The summed E-state index contributed by atoms with van der Waals surface area (Å²) in [6.07, 6.45) is 10.3. The third kappa shape index (κ3) is 4.39. The zero-order valence-corrected chi connectivity index (χ0v) is 24.1. The molecule has 7 rings (SSSR count). The number of likely N-dealkylation sites (tertiary alicyclic amines) is 1. The lowest BCUT2D eigenvalue weighted by Gasteiger charge is -2.46. The molecule has 0 radical (unpaired) electrons. The van der Waals surface area contributed by atoms with Gasteiger partial charge in [0, 0.05) is 31.7 Å². The first kappa shape index (κ1) is 25.6. The normalized spacial score (nSPS) is 25.3. The van der Waals surface area contributed by atoms with Gasteiger partial charge in [0.2, 0.25) is 5.43 Å². The smallest absolute Gasteiger partial charge is 0.202 e. The molecule has 7 heteroatoms. The van der Waals surface area contributed by atoms with Crippen molar-refractivity contribution in [2.24, 2.45) is 18.9 Å². The lowest BCUT2D eigenvalue weighted by Crippen LogP contribution is -2.43. The quantitative estimate of drug-likeness (QED) is 0.295. The molecule has 0 amide bonds. The molecular weight excluding hydrogens is 498 g/mol. The number of fused-ring (bicyclic) bond motifs is 1. The minimum absolute atomic E-state index is 0.000653. The molecule has 1 saturated heterocycles. The Bertz CT molecular complexity index is 1640. The summed E-state index contributed by atoms with van der Waals surface area (Å²) in [6.45, 7) is 9.75. The molecule has 0 bridgehead atoms. The van der Waals surface area contributed by atoms with Crippen molar-refractivity contribution in [2.45, 2.75) is 77.2 Å². The van der Waals surface area contributed by atoms with Crippen LogP contribution in [0.15, 0.2) is 46.1 Å². The number of hydrogen-bond donors (Lipinski definition) is 0. The summed E-state index contributed by atoms with van der Waals surface area (Å²) in [5.74, 6) is 2.77. The first-order valence-electron chi connectivity index (χ1n) is 15.0. The van der Waals surface area contributed by atoms with Gasteiger partial charge in [-0.1, -0.05) is 19.9 Å². The van der Waals surface area contributed by atoms with Gasteiger partial charge in [-0.15, -0.1) is 10.2 Å². The molecule has 4 aromatic rings. The van der Waals surface area contributed by atoms with Crippen LogP contribution in [0.5, 0.6) is 0 Å². The topological polar surface area (TPSA) is 77.1 Å². The predicted octanol–water partition coefficient (Wildman–Crippen LogP) is 6.12. The molecule has 208 valence electrons. The molecular formula is C33H39N5O2. The molecule has 1 aliphatic heterocycles. The second-order valence-electron chi connectivity index (χ2n) is 13.1. The standard InChI is InChI=1S/C33H39N5O2/c1-20-6-5-9-38(16-20)17-23-10-22(3)31-26(11-23)30(39)27(18-40-31)29-13-25(12-28(35-29)24-7-8-24)33(14-21(2)15-33)32-36-34-19-37(32)4/h10-13,18-21,24H,5-9,14-17H2,1-4H3/t20-,21?,33?/m0/s1. The van der Waals surface area contributed by atoms with Gasteiger partial charge in [0.15, 0.2) is 0 Å². The highest BCUT2D eigenvalue weighted by molar-refractivity contribution is 5.84. The van der Waals surface area contributed by atoms with Crippen molar-refractivity contribution in [2.75, 3.05) is 13.1 Å². The van der Waals surface area contributed by atoms with Gasteiger partial charge in [0.1, 0.15) is 24.0 Å². The highest BCUT2D eigenvalue weighted by atomic mass is 16.3. The Balaban J connectivity index is 1.33. The second kappa shape index (κ2) is 9.65. The first-order chi connectivity index (χ1) is 19.3. The van der Waals surface area contributed by atoms with E-state index in [0.717, 1.165) is 68.3 Å². The fraction of sp³-hybridized carbons (Fsp3) is 0.515. The summed E-state index contributed by atoms with van der Waals surface area (Å²) >= 11 is 0. The van der Waals surface area contributed by atoms with E-state index in [2.05, 4.69) is 53.2 Å². The lowest BCUT2D eigenvalue weighted by molar-refractivity contribution is 0.176. The van der Waals surface area contributed by atoms with E-state index >= 15 is 0 Å². The van der Waals surface area contributed by atoms with Crippen molar-refractivity contribution in [3.63, 3.8) is 0 Å². The van der Waals surface area contributed by atoms with Crippen LogP contribution in [-0.4, -0.2) is 37.7 Å². The molecule has 3 aliphatic rings. The average Bonchev–Trinajstić information content (AvgIpc) is 3.68. The Morgan fingerprint density at radius 1 is 1.07 bits per heavy atom. The summed E-state index contributed by atoms with van der Waals surface area (Å²) in [7, 11) is 2.02. The molecule has 2 aliphatic carbocycles. The maximum absolute atomic E-state index is 14.1. The van der Waals surface area contributed by atoms with E-state index in [9.17, 15) is 4.79 Å². The highest BCUT2D eigenvalue weighted by Gasteiger charge is 2.48. The maximum Gasteiger partial charge on any atom is 0.202 e. The van der Waals surface area contributed by atoms with Crippen molar-refractivity contribution in [3.05, 3.63) is 75.3 Å². The third-order valence-corrected chi connectivity index (χ3v) is 9.47. The van der Waals surface area contributed by atoms with E-state index in [1.807, 2.05) is 18.5 Å². The fourth-order valence-electron chi connectivity index (χ4n) is 7.39. The molecule has 0 unspecified atom stereocenters. The molecule has 3 fully saturated rings.